The van der Waals surface area contributed by atoms with Gasteiger partial charge in [0.1, 0.15) is 5.75 Å². The Kier molecular flexibility index (Phi) is 5.41. The topological polar surface area (TPSA) is 38.3 Å². The minimum absolute atomic E-state index is 0.0904. The minimum atomic E-state index is -0.508. The van der Waals surface area contributed by atoms with Crippen LogP contribution in [0.2, 0.25) is 0 Å². The minimum Gasteiger partial charge on any atom is -0.481 e. The van der Waals surface area contributed by atoms with E-state index < -0.39 is 6.10 Å². The van der Waals surface area contributed by atoms with Gasteiger partial charge in [0.2, 0.25) is 0 Å². The molecule has 0 bridgehead atoms. The predicted molar refractivity (Wildman–Crippen MR) is 81.5 cm³/mol. The standard InChI is InChI=1S/C15H22BrNO2/c1-6-15(4,5)17-14(18)11(3)19-12-7-8-13(16)10(2)9-12/h7-9,11H,6H2,1-5H3,(H,17,18). The zero-order valence-electron chi connectivity index (χ0n) is 12.2. The number of nitrogens with one attached hydrogen (secondary N) is 1. The van der Waals surface area contributed by atoms with Gasteiger partial charge in [-0.15, -0.1) is 0 Å². The summed E-state index contributed by atoms with van der Waals surface area (Å²) in [7, 11) is 0. The van der Waals surface area contributed by atoms with Crippen LogP contribution < -0.4 is 10.1 Å². The summed E-state index contributed by atoms with van der Waals surface area (Å²) >= 11 is 3.44. The van der Waals surface area contributed by atoms with Crippen LogP contribution in [0.5, 0.6) is 5.75 Å². The van der Waals surface area contributed by atoms with Crippen molar-refractivity contribution in [3.8, 4) is 5.75 Å². The SMILES string of the molecule is CCC(C)(C)NC(=O)C(C)Oc1ccc(Br)c(C)c1. The molecule has 0 fully saturated rings. The Balaban J connectivity index is 2.66. The molecule has 0 spiro atoms. The highest BCUT2D eigenvalue weighted by Gasteiger charge is 2.22. The van der Waals surface area contributed by atoms with E-state index in [-0.39, 0.29) is 11.4 Å². The second-order valence-electron chi connectivity index (χ2n) is 5.40. The lowest BCUT2D eigenvalue weighted by Crippen LogP contribution is -2.48. The summed E-state index contributed by atoms with van der Waals surface area (Å²) in [5.74, 6) is 0.616. The molecule has 0 heterocycles. The largest absolute Gasteiger partial charge is 0.481 e. The first-order valence-corrected chi connectivity index (χ1v) is 7.29. The number of aryl methyl sites for hydroxylation is 1. The number of ether oxygens (including phenoxy) is 1. The average molecular weight is 328 g/mol. The molecule has 106 valence electrons. The molecule has 0 aliphatic heterocycles. The highest BCUT2D eigenvalue weighted by atomic mass is 79.9. The maximum absolute atomic E-state index is 12.0. The molecule has 0 saturated heterocycles. The van der Waals surface area contributed by atoms with Crippen molar-refractivity contribution < 1.29 is 9.53 Å². The van der Waals surface area contributed by atoms with Crippen molar-refractivity contribution in [2.24, 2.45) is 0 Å². The normalized spacial score (nSPS) is 12.9. The Bertz CT molecular complexity index is 457. The molecule has 0 aliphatic rings. The highest BCUT2D eigenvalue weighted by Crippen LogP contribution is 2.22. The van der Waals surface area contributed by atoms with E-state index in [1.807, 2.05) is 45.9 Å². The molecular formula is C15H22BrNO2. The van der Waals surface area contributed by atoms with Crippen LogP contribution in [0.25, 0.3) is 0 Å². The number of rotatable bonds is 5. The van der Waals surface area contributed by atoms with Crippen LogP contribution in [0.3, 0.4) is 0 Å². The number of amides is 1. The van der Waals surface area contributed by atoms with Crippen molar-refractivity contribution in [3.63, 3.8) is 0 Å². The van der Waals surface area contributed by atoms with Crippen LogP contribution >= 0.6 is 15.9 Å². The summed E-state index contributed by atoms with van der Waals surface area (Å²) < 4.78 is 6.70. The molecular weight excluding hydrogens is 306 g/mol. The van der Waals surface area contributed by atoms with Crippen molar-refractivity contribution >= 4 is 21.8 Å². The van der Waals surface area contributed by atoms with Gasteiger partial charge in [0.05, 0.1) is 0 Å². The summed E-state index contributed by atoms with van der Waals surface area (Å²) in [6, 6.07) is 5.69. The number of hydrogen-bond donors (Lipinski definition) is 1. The fraction of sp³-hybridized carbons (Fsp3) is 0.533. The number of benzene rings is 1. The summed E-state index contributed by atoms with van der Waals surface area (Å²) in [6.45, 7) is 9.80. The van der Waals surface area contributed by atoms with Crippen molar-refractivity contribution in [1.82, 2.24) is 5.32 Å². The Morgan fingerprint density at radius 1 is 1.47 bits per heavy atom. The van der Waals surface area contributed by atoms with Crippen LogP contribution in [0.15, 0.2) is 22.7 Å². The van der Waals surface area contributed by atoms with Gasteiger partial charge in [-0.05, 0) is 57.9 Å². The predicted octanol–water partition coefficient (Wildman–Crippen LogP) is 3.83. The molecule has 1 aromatic carbocycles. The van der Waals surface area contributed by atoms with Crippen molar-refractivity contribution in [3.05, 3.63) is 28.2 Å². The quantitative estimate of drug-likeness (QED) is 0.892. The third-order valence-electron chi connectivity index (χ3n) is 3.16. The second kappa shape index (κ2) is 6.42. The zero-order chi connectivity index (χ0) is 14.6. The molecule has 0 aliphatic carbocycles. The van der Waals surface area contributed by atoms with Gasteiger partial charge in [-0.25, -0.2) is 0 Å². The van der Waals surface area contributed by atoms with Crippen LogP contribution in [0.4, 0.5) is 0 Å². The second-order valence-corrected chi connectivity index (χ2v) is 6.25. The van der Waals surface area contributed by atoms with E-state index in [0.717, 1.165) is 16.5 Å². The van der Waals surface area contributed by atoms with Crippen LogP contribution in [0.1, 0.15) is 39.7 Å². The molecule has 1 unspecified atom stereocenters. The van der Waals surface area contributed by atoms with Crippen LogP contribution in [0, 0.1) is 6.92 Å². The van der Waals surface area contributed by atoms with E-state index in [1.165, 1.54) is 0 Å². The van der Waals surface area contributed by atoms with Gasteiger partial charge in [0.15, 0.2) is 6.10 Å². The van der Waals surface area contributed by atoms with Crippen molar-refractivity contribution in [2.75, 3.05) is 0 Å². The first-order valence-electron chi connectivity index (χ1n) is 6.50. The fourth-order valence-corrected chi connectivity index (χ4v) is 1.72. The molecule has 0 radical (unpaired) electrons. The number of halogens is 1. The molecule has 1 aromatic rings. The van der Waals surface area contributed by atoms with E-state index >= 15 is 0 Å². The molecule has 0 saturated carbocycles. The third kappa shape index (κ3) is 4.86. The lowest BCUT2D eigenvalue weighted by atomic mass is 10.0. The summed E-state index contributed by atoms with van der Waals surface area (Å²) in [5.41, 5.74) is 0.878. The Morgan fingerprint density at radius 3 is 2.63 bits per heavy atom. The Morgan fingerprint density at radius 2 is 2.11 bits per heavy atom. The first-order chi connectivity index (χ1) is 8.75. The van der Waals surface area contributed by atoms with Gasteiger partial charge < -0.3 is 10.1 Å². The average Bonchev–Trinajstić information content (AvgIpc) is 2.33. The summed E-state index contributed by atoms with van der Waals surface area (Å²) in [4.78, 5) is 12.0. The highest BCUT2D eigenvalue weighted by molar-refractivity contribution is 9.10. The van der Waals surface area contributed by atoms with Crippen LogP contribution in [-0.4, -0.2) is 17.6 Å². The van der Waals surface area contributed by atoms with E-state index in [1.54, 1.807) is 6.92 Å². The maximum Gasteiger partial charge on any atom is 0.261 e. The number of hydrogen-bond acceptors (Lipinski definition) is 2. The van der Waals surface area contributed by atoms with E-state index in [4.69, 9.17) is 4.74 Å². The third-order valence-corrected chi connectivity index (χ3v) is 4.05. The Labute approximate surface area is 123 Å². The van der Waals surface area contributed by atoms with Crippen LogP contribution in [-0.2, 0) is 4.79 Å². The molecule has 1 amide bonds. The van der Waals surface area contributed by atoms with Crippen molar-refractivity contribution in [2.45, 2.75) is 52.7 Å². The molecule has 19 heavy (non-hydrogen) atoms. The smallest absolute Gasteiger partial charge is 0.261 e. The zero-order valence-corrected chi connectivity index (χ0v) is 13.8. The molecule has 1 N–H and O–H groups in total. The van der Waals surface area contributed by atoms with Gasteiger partial charge >= 0.3 is 0 Å². The van der Waals surface area contributed by atoms with Gasteiger partial charge in [-0.3, -0.25) is 4.79 Å². The van der Waals surface area contributed by atoms with Gasteiger partial charge in [0, 0.05) is 10.0 Å². The van der Waals surface area contributed by atoms with Gasteiger partial charge in [0.25, 0.3) is 5.91 Å². The summed E-state index contributed by atoms with van der Waals surface area (Å²) in [5, 5.41) is 2.98. The molecule has 3 nitrogen and oxygen atoms in total. The van der Waals surface area contributed by atoms with E-state index in [0.29, 0.717) is 5.75 Å². The molecule has 0 aromatic heterocycles. The first kappa shape index (κ1) is 16.0. The Hall–Kier alpha value is -1.03. The van der Waals surface area contributed by atoms with E-state index in [9.17, 15) is 4.79 Å². The monoisotopic (exact) mass is 327 g/mol. The van der Waals surface area contributed by atoms with Gasteiger partial charge in [-0.2, -0.15) is 0 Å². The lowest BCUT2D eigenvalue weighted by molar-refractivity contribution is -0.128. The molecule has 4 heteroatoms. The molecule has 1 rings (SSSR count). The number of carbonyl (C=O) groups is 1. The fourth-order valence-electron chi connectivity index (χ4n) is 1.47. The lowest BCUT2D eigenvalue weighted by Gasteiger charge is -2.26. The van der Waals surface area contributed by atoms with Gasteiger partial charge in [-0.1, -0.05) is 22.9 Å². The number of carbonyl (C=O) groups excluding carboxylic acids is 1. The maximum atomic E-state index is 12.0. The van der Waals surface area contributed by atoms with E-state index in [2.05, 4.69) is 21.2 Å². The van der Waals surface area contributed by atoms with Crippen molar-refractivity contribution in [1.29, 1.82) is 0 Å². The molecule has 1 atom stereocenters. The summed E-state index contributed by atoms with van der Waals surface area (Å²) in [6.07, 6.45) is 0.370.